The number of carbonyl (C=O) groups excluding carboxylic acids is 2. The van der Waals surface area contributed by atoms with Crippen molar-refractivity contribution < 1.29 is 24.0 Å². The lowest BCUT2D eigenvalue weighted by Gasteiger charge is -2.10. The normalized spacial score (nSPS) is 11.7. The summed E-state index contributed by atoms with van der Waals surface area (Å²) in [5.74, 6) is -0.472. The molecular formula is C18H18N4O6. The molecule has 0 fully saturated rings. The van der Waals surface area contributed by atoms with Crippen molar-refractivity contribution in [2.75, 3.05) is 19.5 Å². The fourth-order valence-corrected chi connectivity index (χ4v) is 2.19. The van der Waals surface area contributed by atoms with Gasteiger partial charge in [0, 0.05) is 11.8 Å². The van der Waals surface area contributed by atoms with Gasteiger partial charge in [0.05, 0.1) is 25.2 Å². The van der Waals surface area contributed by atoms with Gasteiger partial charge in [-0.3, -0.25) is 19.7 Å². The molecule has 0 saturated heterocycles. The highest BCUT2D eigenvalue weighted by Gasteiger charge is 2.23. The van der Waals surface area contributed by atoms with Crippen LogP contribution in [0.25, 0.3) is 0 Å². The highest BCUT2D eigenvalue weighted by molar-refractivity contribution is 6.10. The molecule has 28 heavy (non-hydrogen) atoms. The molecule has 0 aliphatic heterocycles. The monoisotopic (exact) mass is 386 g/mol. The minimum absolute atomic E-state index is 0.0933. The molecule has 1 atom stereocenters. The second kappa shape index (κ2) is 9.21. The smallest absolute Gasteiger partial charge is 0.273 e. The maximum atomic E-state index is 12.4. The van der Waals surface area contributed by atoms with Gasteiger partial charge in [-0.1, -0.05) is 0 Å². The van der Waals surface area contributed by atoms with E-state index in [0.717, 1.165) is 0 Å². The first-order valence-electron chi connectivity index (χ1n) is 8.04. The number of non-ortho nitro benzene ring substituents is 1. The molecule has 1 unspecified atom stereocenters. The summed E-state index contributed by atoms with van der Waals surface area (Å²) in [7, 11) is 2.84. The van der Waals surface area contributed by atoms with E-state index in [9.17, 15) is 19.7 Å². The zero-order valence-corrected chi connectivity index (χ0v) is 15.4. The first-order chi connectivity index (χ1) is 13.3. The third kappa shape index (κ3) is 5.10. The van der Waals surface area contributed by atoms with Crippen LogP contribution in [0.2, 0.25) is 0 Å². The molecule has 0 spiro atoms. The second-order valence-electron chi connectivity index (χ2n) is 5.56. The molecule has 10 heteroatoms. The molecule has 146 valence electrons. The molecule has 0 saturated carbocycles. The summed E-state index contributed by atoms with van der Waals surface area (Å²) >= 11 is 0. The van der Waals surface area contributed by atoms with E-state index >= 15 is 0 Å². The zero-order chi connectivity index (χ0) is 20.7. The van der Waals surface area contributed by atoms with Crippen LogP contribution in [0.3, 0.4) is 0 Å². The predicted molar refractivity (Wildman–Crippen MR) is 100 cm³/mol. The predicted octanol–water partition coefficient (Wildman–Crippen LogP) is 3.29. The van der Waals surface area contributed by atoms with E-state index in [1.165, 1.54) is 39.3 Å². The van der Waals surface area contributed by atoms with Crippen molar-refractivity contribution in [1.82, 2.24) is 0 Å². The average Bonchev–Trinajstić information content (AvgIpc) is 2.68. The summed E-state index contributed by atoms with van der Waals surface area (Å²) < 4.78 is 10.1. The third-order valence-corrected chi connectivity index (χ3v) is 3.65. The third-order valence-electron chi connectivity index (χ3n) is 3.65. The number of rotatable bonds is 8. The van der Waals surface area contributed by atoms with Gasteiger partial charge in [-0.2, -0.15) is 10.2 Å². The van der Waals surface area contributed by atoms with Gasteiger partial charge in [0.25, 0.3) is 11.6 Å². The van der Waals surface area contributed by atoms with Gasteiger partial charge in [0.1, 0.15) is 11.4 Å². The van der Waals surface area contributed by atoms with Crippen molar-refractivity contribution in [1.29, 1.82) is 0 Å². The highest BCUT2D eigenvalue weighted by Crippen LogP contribution is 2.31. The van der Waals surface area contributed by atoms with Gasteiger partial charge in [0.2, 0.25) is 6.04 Å². The number of amides is 1. The van der Waals surface area contributed by atoms with E-state index in [-0.39, 0.29) is 17.1 Å². The molecular weight excluding hydrogens is 368 g/mol. The minimum Gasteiger partial charge on any atom is -0.497 e. The number of nitrogens with one attached hydrogen (secondary N) is 1. The standard InChI is InChI=1S/C18H18N4O6/c1-11(23)17(18(24)19-12-4-7-14(27-2)8-5-12)21-20-15-9-6-13(22(25)26)10-16(15)28-3/h4-10,17H,1-3H3,(H,19,24). The van der Waals surface area contributed by atoms with Gasteiger partial charge < -0.3 is 14.8 Å². The van der Waals surface area contributed by atoms with Crippen LogP contribution in [0.1, 0.15) is 6.92 Å². The summed E-state index contributed by atoms with van der Waals surface area (Å²) in [5, 5.41) is 21.1. The van der Waals surface area contributed by atoms with E-state index in [4.69, 9.17) is 9.47 Å². The van der Waals surface area contributed by atoms with Crippen molar-refractivity contribution >= 4 is 28.8 Å². The van der Waals surface area contributed by atoms with Crippen LogP contribution in [0, 0.1) is 10.1 Å². The number of hydrogen-bond acceptors (Lipinski definition) is 8. The van der Waals surface area contributed by atoms with Crippen molar-refractivity contribution in [3.05, 3.63) is 52.6 Å². The summed E-state index contributed by atoms with van der Waals surface area (Å²) in [5.41, 5.74) is 0.424. The molecule has 2 aromatic carbocycles. The SMILES string of the molecule is COc1ccc(NC(=O)C(N=Nc2ccc([N+](=O)[O-])cc2OC)C(C)=O)cc1. The number of azo groups is 1. The summed E-state index contributed by atoms with van der Waals surface area (Å²) in [4.78, 5) is 34.5. The molecule has 2 aromatic rings. The maximum Gasteiger partial charge on any atom is 0.273 e. The quantitative estimate of drug-likeness (QED) is 0.320. The van der Waals surface area contributed by atoms with Gasteiger partial charge in [-0.25, -0.2) is 0 Å². The van der Waals surface area contributed by atoms with Crippen LogP contribution in [-0.4, -0.2) is 36.9 Å². The fourth-order valence-electron chi connectivity index (χ4n) is 2.19. The van der Waals surface area contributed by atoms with Gasteiger partial charge in [-0.15, -0.1) is 0 Å². The van der Waals surface area contributed by atoms with Crippen LogP contribution in [-0.2, 0) is 9.59 Å². The molecule has 0 bridgehead atoms. The first-order valence-corrected chi connectivity index (χ1v) is 8.04. The Morgan fingerprint density at radius 1 is 1.11 bits per heavy atom. The number of anilines is 1. The summed E-state index contributed by atoms with van der Waals surface area (Å²) in [6, 6.07) is 8.87. The van der Waals surface area contributed by atoms with Crippen LogP contribution in [0.4, 0.5) is 17.1 Å². The summed E-state index contributed by atoms with van der Waals surface area (Å²) in [6.45, 7) is 1.21. The number of nitrogens with zero attached hydrogens (tertiary/aromatic N) is 3. The number of ether oxygens (including phenoxy) is 2. The summed E-state index contributed by atoms with van der Waals surface area (Å²) in [6.07, 6.45) is 0. The molecule has 0 radical (unpaired) electrons. The molecule has 10 nitrogen and oxygen atoms in total. The lowest BCUT2D eigenvalue weighted by Crippen LogP contribution is -2.31. The number of carbonyl (C=O) groups is 2. The van der Waals surface area contributed by atoms with Crippen molar-refractivity contribution in [2.24, 2.45) is 10.2 Å². The van der Waals surface area contributed by atoms with E-state index < -0.39 is 22.7 Å². The molecule has 0 aromatic heterocycles. The fraction of sp³-hybridized carbons (Fsp3) is 0.222. The van der Waals surface area contributed by atoms with E-state index in [2.05, 4.69) is 15.5 Å². The number of nitro groups is 1. The highest BCUT2D eigenvalue weighted by atomic mass is 16.6. The Labute approximate surface area is 160 Å². The zero-order valence-electron chi connectivity index (χ0n) is 15.4. The lowest BCUT2D eigenvalue weighted by molar-refractivity contribution is -0.384. The largest absolute Gasteiger partial charge is 0.497 e. The Balaban J connectivity index is 2.20. The Hall–Kier alpha value is -3.82. The first kappa shape index (κ1) is 20.5. The minimum atomic E-state index is -1.39. The van der Waals surface area contributed by atoms with Crippen LogP contribution >= 0.6 is 0 Å². The van der Waals surface area contributed by atoms with Crippen LogP contribution in [0.5, 0.6) is 11.5 Å². The Bertz CT molecular complexity index is 911. The number of Topliss-reactive ketones (excluding diaryl/α,β-unsaturated/α-hetero) is 1. The molecule has 0 heterocycles. The van der Waals surface area contributed by atoms with Crippen molar-refractivity contribution in [2.45, 2.75) is 13.0 Å². The number of ketones is 1. The van der Waals surface area contributed by atoms with Crippen LogP contribution in [0.15, 0.2) is 52.7 Å². The number of hydrogen-bond donors (Lipinski definition) is 1. The van der Waals surface area contributed by atoms with Crippen molar-refractivity contribution in [3.8, 4) is 11.5 Å². The van der Waals surface area contributed by atoms with Gasteiger partial charge in [0.15, 0.2) is 11.5 Å². The van der Waals surface area contributed by atoms with E-state index in [1.54, 1.807) is 24.3 Å². The average molecular weight is 386 g/mol. The van der Waals surface area contributed by atoms with Gasteiger partial charge in [-0.05, 0) is 37.3 Å². The molecule has 0 aliphatic carbocycles. The molecule has 1 amide bonds. The van der Waals surface area contributed by atoms with E-state index in [1.807, 2.05) is 0 Å². The Kier molecular flexibility index (Phi) is 6.74. The Morgan fingerprint density at radius 3 is 2.32 bits per heavy atom. The Morgan fingerprint density at radius 2 is 1.79 bits per heavy atom. The van der Waals surface area contributed by atoms with E-state index in [0.29, 0.717) is 11.4 Å². The maximum absolute atomic E-state index is 12.4. The van der Waals surface area contributed by atoms with Gasteiger partial charge >= 0.3 is 0 Å². The number of benzene rings is 2. The van der Waals surface area contributed by atoms with Crippen LogP contribution < -0.4 is 14.8 Å². The topological polar surface area (TPSA) is 132 Å². The molecule has 1 N–H and O–H groups in total. The number of methoxy groups -OCH3 is 2. The second-order valence-corrected chi connectivity index (χ2v) is 5.56. The van der Waals surface area contributed by atoms with Crippen molar-refractivity contribution in [3.63, 3.8) is 0 Å². The molecule has 0 aliphatic rings. The number of nitro benzene ring substituents is 1. The molecule has 2 rings (SSSR count). The lowest BCUT2D eigenvalue weighted by atomic mass is 10.2.